The average molecular weight is 264 g/mol. The minimum atomic E-state index is -0.314. The zero-order chi connectivity index (χ0) is 14.4. The minimum absolute atomic E-state index is 0.314. The maximum absolute atomic E-state index is 11.8. The number of amides is 1. The minimum Gasteiger partial charge on any atom is -0.267 e. The Morgan fingerprint density at radius 3 is 2.60 bits per heavy atom. The Morgan fingerprint density at radius 2 is 2.00 bits per heavy atom. The summed E-state index contributed by atoms with van der Waals surface area (Å²) in [4.78, 5) is 15.6. The molecule has 1 heterocycles. The lowest BCUT2D eigenvalue weighted by molar-refractivity contribution is 0.0954. The lowest BCUT2D eigenvalue weighted by Crippen LogP contribution is -2.19. The second kappa shape index (κ2) is 6.25. The predicted octanol–water partition coefficient (Wildman–Crippen LogP) is 2.11. The van der Waals surface area contributed by atoms with Crippen molar-refractivity contribution in [2.75, 3.05) is 0 Å². The van der Waals surface area contributed by atoms with Crippen molar-refractivity contribution in [3.8, 4) is 6.07 Å². The molecule has 0 unspecified atom stereocenters. The Morgan fingerprint density at radius 1 is 1.25 bits per heavy atom. The molecular formula is C15H12N4O. The Labute approximate surface area is 116 Å². The van der Waals surface area contributed by atoms with Gasteiger partial charge in [0.25, 0.3) is 5.91 Å². The summed E-state index contributed by atoms with van der Waals surface area (Å²) in [5.41, 5.74) is 5.00. The van der Waals surface area contributed by atoms with Crippen LogP contribution in [0.4, 0.5) is 0 Å². The molecule has 1 aromatic carbocycles. The lowest BCUT2D eigenvalue weighted by Gasteiger charge is -2.02. The van der Waals surface area contributed by atoms with Crippen molar-refractivity contribution in [1.82, 2.24) is 10.4 Å². The Bertz CT molecular complexity index is 669. The number of nitriles is 1. The van der Waals surface area contributed by atoms with E-state index in [2.05, 4.69) is 15.5 Å². The summed E-state index contributed by atoms with van der Waals surface area (Å²) in [5, 5.41) is 12.8. The highest BCUT2D eigenvalue weighted by Crippen LogP contribution is 2.04. The highest BCUT2D eigenvalue weighted by molar-refractivity contribution is 6.00. The number of hydrogen-bond donors (Lipinski definition) is 1. The normalized spacial score (nSPS) is 10.7. The number of nitrogens with zero attached hydrogens (tertiary/aromatic N) is 3. The van der Waals surface area contributed by atoms with E-state index in [1.54, 1.807) is 49.5 Å². The number of carbonyl (C=O) groups is 1. The molecule has 1 aromatic heterocycles. The van der Waals surface area contributed by atoms with Gasteiger partial charge in [0.1, 0.15) is 0 Å². The number of pyridine rings is 1. The fourth-order valence-corrected chi connectivity index (χ4v) is 1.55. The molecule has 0 radical (unpaired) electrons. The number of nitrogens with one attached hydrogen (secondary N) is 1. The predicted molar refractivity (Wildman–Crippen MR) is 75.1 cm³/mol. The zero-order valence-electron chi connectivity index (χ0n) is 10.9. The first kappa shape index (κ1) is 13.4. The van der Waals surface area contributed by atoms with Crippen LogP contribution >= 0.6 is 0 Å². The third-order valence-corrected chi connectivity index (χ3v) is 2.68. The van der Waals surface area contributed by atoms with Gasteiger partial charge < -0.3 is 0 Å². The summed E-state index contributed by atoms with van der Waals surface area (Å²) in [6.07, 6.45) is 3.07. The maximum Gasteiger partial charge on any atom is 0.272 e. The van der Waals surface area contributed by atoms with Crippen LogP contribution < -0.4 is 5.43 Å². The van der Waals surface area contributed by atoms with E-state index in [9.17, 15) is 4.79 Å². The first-order chi connectivity index (χ1) is 9.70. The van der Waals surface area contributed by atoms with Gasteiger partial charge in [0, 0.05) is 12.4 Å². The Kier molecular flexibility index (Phi) is 4.20. The van der Waals surface area contributed by atoms with Crippen LogP contribution in [0.1, 0.15) is 28.4 Å². The molecule has 5 heteroatoms. The lowest BCUT2D eigenvalue weighted by atomic mass is 10.1. The van der Waals surface area contributed by atoms with E-state index >= 15 is 0 Å². The van der Waals surface area contributed by atoms with Gasteiger partial charge in [0.15, 0.2) is 0 Å². The van der Waals surface area contributed by atoms with Crippen LogP contribution in [0, 0.1) is 11.3 Å². The molecule has 0 saturated heterocycles. The topological polar surface area (TPSA) is 78.1 Å². The van der Waals surface area contributed by atoms with Gasteiger partial charge >= 0.3 is 0 Å². The summed E-state index contributed by atoms with van der Waals surface area (Å²) in [6.45, 7) is 1.78. The van der Waals surface area contributed by atoms with Crippen molar-refractivity contribution >= 4 is 11.6 Å². The van der Waals surface area contributed by atoms with Crippen LogP contribution in [0.2, 0.25) is 0 Å². The fourth-order valence-electron chi connectivity index (χ4n) is 1.55. The van der Waals surface area contributed by atoms with Gasteiger partial charge in [0.05, 0.1) is 22.9 Å². The number of hydrogen-bond acceptors (Lipinski definition) is 4. The van der Waals surface area contributed by atoms with E-state index in [1.807, 2.05) is 6.07 Å². The van der Waals surface area contributed by atoms with Gasteiger partial charge in [-0.1, -0.05) is 12.1 Å². The molecule has 0 atom stereocenters. The van der Waals surface area contributed by atoms with Crippen LogP contribution in [-0.2, 0) is 0 Å². The first-order valence-corrected chi connectivity index (χ1v) is 5.96. The zero-order valence-corrected chi connectivity index (χ0v) is 10.9. The largest absolute Gasteiger partial charge is 0.272 e. The summed E-state index contributed by atoms with van der Waals surface area (Å²) in [5.74, 6) is -0.314. The van der Waals surface area contributed by atoms with Crippen molar-refractivity contribution in [3.05, 3.63) is 65.5 Å². The Balaban J connectivity index is 2.07. The summed E-state index contributed by atoms with van der Waals surface area (Å²) in [7, 11) is 0. The molecule has 1 N–H and O–H groups in total. The van der Waals surface area contributed by atoms with Crippen molar-refractivity contribution in [2.24, 2.45) is 5.10 Å². The van der Waals surface area contributed by atoms with Gasteiger partial charge in [-0.3, -0.25) is 9.78 Å². The third kappa shape index (κ3) is 3.27. The van der Waals surface area contributed by atoms with E-state index in [4.69, 9.17) is 5.26 Å². The van der Waals surface area contributed by atoms with Crippen molar-refractivity contribution in [2.45, 2.75) is 6.92 Å². The molecule has 0 bridgehead atoms. The van der Waals surface area contributed by atoms with Crippen LogP contribution in [0.15, 0.2) is 53.9 Å². The molecule has 98 valence electrons. The number of carbonyl (C=O) groups excluding carboxylic acids is 1. The molecule has 0 fully saturated rings. The smallest absolute Gasteiger partial charge is 0.267 e. The standard InChI is InChI=1S/C15H12N4O/c1-11(13-6-4-12(9-16)5-7-13)18-19-15(20)14-3-2-8-17-10-14/h2-8,10H,1H3,(H,19,20)/b18-11+. The molecule has 5 nitrogen and oxygen atoms in total. The van der Waals surface area contributed by atoms with E-state index in [0.29, 0.717) is 16.8 Å². The fraction of sp³-hybridized carbons (Fsp3) is 0.0667. The van der Waals surface area contributed by atoms with Gasteiger partial charge in [-0.15, -0.1) is 0 Å². The number of aromatic nitrogens is 1. The van der Waals surface area contributed by atoms with E-state index in [0.717, 1.165) is 5.56 Å². The van der Waals surface area contributed by atoms with Crippen molar-refractivity contribution in [3.63, 3.8) is 0 Å². The average Bonchev–Trinajstić information content (AvgIpc) is 2.53. The summed E-state index contributed by atoms with van der Waals surface area (Å²) >= 11 is 0. The molecule has 0 aliphatic carbocycles. The molecule has 1 amide bonds. The molecular weight excluding hydrogens is 252 g/mol. The van der Waals surface area contributed by atoms with Crippen LogP contribution in [-0.4, -0.2) is 16.6 Å². The number of hydrazone groups is 1. The molecule has 2 rings (SSSR count). The molecule has 0 saturated carbocycles. The second-order valence-electron chi connectivity index (χ2n) is 4.07. The summed E-state index contributed by atoms with van der Waals surface area (Å²) in [6, 6.07) is 12.4. The van der Waals surface area contributed by atoms with Gasteiger partial charge in [-0.25, -0.2) is 5.43 Å². The molecule has 0 aliphatic heterocycles. The summed E-state index contributed by atoms with van der Waals surface area (Å²) < 4.78 is 0. The van der Waals surface area contributed by atoms with Gasteiger partial charge in [-0.05, 0) is 36.8 Å². The van der Waals surface area contributed by atoms with E-state index in [1.165, 1.54) is 6.20 Å². The van der Waals surface area contributed by atoms with Crippen molar-refractivity contribution in [1.29, 1.82) is 5.26 Å². The second-order valence-corrected chi connectivity index (χ2v) is 4.07. The molecule has 0 spiro atoms. The van der Waals surface area contributed by atoms with Gasteiger partial charge in [-0.2, -0.15) is 10.4 Å². The first-order valence-electron chi connectivity index (χ1n) is 5.96. The van der Waals surface area contributed by atoms with Crippen LogP contribution in [0.3, 0.4) is 0 Å². The highest BCUT2D eigenvalue weighted by atomic mass is 16.2. The SMILES string of the molecule is C/C(=N\NC(=O)c1cccnc1)c1ccc(C#N)cc1. The quantitative estimate of drug-likeness (QED) is 0.681. The number of rotatable bonds is 3. The maximum atomic E-state index is 11.8. The van der Waals surface area contributed by atoms with E-state index in [-0.39, 0.29) is 5.91 Å². The molecule has 0 aliphatic rings. The van der Waals surface area contributed by atoms with Crippen LogP contribution in [0.5, 0.6) is 0 Å². The highest BCUT2D eigenvalue weighted by Gasteiger charge is 2.04. The van der Waals surface area contributed by atoms with Crippen molar-refractivity contribution < 1.29 is 4.79 Å². The Hall–Kier alpha value is -3.00. The molecule has 2 aromatic rings. The molecule has 20 heavy (non-hydrogen) atoms. The van der Waals surface area contributed by atoms with Crippen LogP contribution in [0.25, 0.3) is 0 Å². The van der Waals surface area contributed by atoms with Gasteiger partial charge in [0.2, 0.25) is 0 Å². The van der Waals surface area contributed by atoms with E-state index < -0.39 is 0 Å². The monoisotopic (exact) mass is 264 g/mol. The third-order valence-electron chi connectivity index (χ3n) is 2.68. The number of benzene rings is 1.